The van der Waals surface area contributed by atoms with E-state index in [0.29, 0.717) is 11.8 Å². The minimum atomic E-state index is 0.389. The normalized spacial score (nSPS) is 19.5. The van der Waals surface area contributed by atoms with Crippen molar-refractivity contribution in [1.29, 1.82) is 0 Å². The van der Waals surface area contributed by atoms with Gasteiger partial charge in [-0.15, -0.1) is 0 Å². The van der Waals surface area contributed by atoms with Gasteiger partial charge in [0.15, 0.2) is 0 Å². The predicted molar refractivity (Wildman–Crippen MR) is 105 cm³/mol. The molecule has 0 unspecified atom stereocenters. The molecule has 1 saturated carbocycles. The summed E-state index contributed by atoms with van der Waals surface area (Å²) in [5, 5.41) is 0. The minimum Gasteiger partial charge on any atom is -0.343 e. The molecule has 1 aromatic carbocycles. The first-order valence-corrected chi connectivity index (χ1v) is 10.4. The van der Waals surface area contributed by atoms with Crippen molar-refractivity contribution in [3.63, 3.8) is 0 Å². The minimum absolute atomic E-state index is 0.389. The van der Waals surface area contributed by atoms with Gasteiger partial charge in [-0.25, -0.2) is 4.98 Å². The molecule has 0 atom stereocenters. The maximum absolute atomic E-state index is 12.5. The van der Waals surface area contributed by atoms with Crippen LogP contribution in [0.1, 0.15) is 57.2 Å². The molecule has 1 saturated heterocycles. The Morgan fingerprint density at radius 2 is 1.81 bits per heavy atom. The summed E-state index contributed by atoms with van der Waals surface area (Å²) in [4.78, 5) is 19.3. The Kier molecular flexibility index (Phi) is 5.28. The van der Waals surface area contributed by atoms with Crippen molar-refractivity contribution in [2.45, 2.75) is 64.8 Å². The fourth-order valence-corrected chi connectivity index (χ4v) is 4.83. The summed E-state index contributed by atoms with van der Waals surface area (Å²) in [7, 11) is 0. The third-order valence-corrected chi connectivity index (χ3v) is 6.49. The molecule has 4 nitrogen and oxygen atoms in total. The Labute approximate surface area is 156 Å². The molecule has 4 heteroatoms. The number of hydrogen-bond acceptors (Lipinski definition) is 2. The zero-order valence-corrected chi connectivity index (χ0v) is 16.0. The Bertz CT molecular complexity index is 752. The van der Waals surface area contributed by atoms with Gasteiger partial charge in [0.05, 0.1) is 11.0 Å². The number of nitrogens with zero attached hydrogens (tertiary/aromatic N) is 3. The Hall–Kier alpha value is -1.84. The van der Waals surface area contributed by atoms with Crippen molar-refractivity contribution in [2.75, 3.05) is 13.1 Å². The lowest BCUT2D eigenvalue weighted by Crippen LogP contribution is -2.39. The number of likely N-dealkylation sites (tertiary alicyclic amines) is 1. The van der Waals surface area contributed by atoms with Gasteiger partial charge in [-0.1, -0.05) is 37.8 Å². The topological polar surface area (TPSA) is 38.1 Å². The van der Waals surface area contributed by atoms with E-state index in [1.54, 1.807) is 0 Å². The van der Waals surface area contributed by atoms with Crippen LogP contribution in [0.4, 0.5) is 0 Å². The number of para-hydroxylation sites is 2. The lowest BCUT2D eigenvalue weighted by molar-refractivity contribution is -0.133. The van der Waals surface area contributed by atoms with Crippen molar-refractivity contribution in [3.05, 3.63) is 30.1 Å². The Balaban J connectivity index is 1.29. The zero-order chi connectivity index (χ0) is 17.9. The third-order valence-electron chi connectivity index (χ3n) is 6.49. The van der Waals surface area contributed by atoms with Crippen molar-refractivity contribution in [1.82, 2.24) is 14.5 Å². The van der Waals surface area contributed by atoms with Crippen LogP contribution in [-0.2, 0) is 11.3 Å². The highest BCUT2D eigenvalue weighted by Gasteiger charge is 2.25. The van der Waals surface area contributed by atoms with Crippen LogP contribution in [0.15, 0.2) is 24.3 Å². The molecule has 4 rings (SSSR count). The second kappa shape index (κ2) is 7.81. The summed E-state index contributed by atoms with van der Waals surface area (Å²) >= 11 is 0. The fourth-order valence-electron chi connectivity index (χ4n) is 4.83. The highest BCUT2D eigenvalue weighted by atomic mass is 16.2. The number of imidazole rings is 1. The maximum atomic E-state index is 12.5. The number of amides is 1. The molecule has 26 heavy (non-hydrogen) atoms. The standard InChI is InChI=1S/C22H31N3O/c1-17-23-20-8-4-5-9-21(20)25(17)16-19-12-14-24(15-13-19)22(26)11-10-18-6-2-3-7-18/h4-5,8-9,18-19H,2-3,6-7,10-16H2,1H3. The molecule has 2 fully saturated rings. The third kappa shape index (κ3) is 3.79. The number of aryl methyl sites for hydroxylation is 1. The number of benzene rings is 1. The van der Waals surface area contributed by atoms with Crippen molar-refractivity contribution in [3.8, 4) is 0 Å². The molecule has 2 aromatic rings. The van der Waals surface area contributed by atoms with Gasteiger partial charge >= 0.3 is 0 Å². The zero-order valence-electron chi connectivity index (χ0n) is 16.0. The molecule has 0 N–H and O–H groups in total. The average molecular weight is 354 g/mol. The first-order chi connectivity index (χ1) is 12.7. The van der Waals surface area contributed by atoms with Crippen LogP contribution in [0.5, 0.6) is 0 Å². The van der Waals surface area contributed by atoms with Gasteiger partial charge in [0, 0.05) is 26.1 Å². The first kappa shape index (κ1) is 17.6. The number of carbonyl (C=O) groups excluding carboxylic acids is 1. The van der Waals surface area contributed by atoms with Gasteiger partial charge in [-0.3, -0.25) is 4.79 Å². The second-order valence-corrected chi connectivity index (χ2v) is 8.27. The van der Waals surface area contributed by atoms with Crippen LogP contribution in [0.2, 0.25) is 0 Å². The highest BCUT2D eigenvalue weighted by Crippen LogP contribution is 2.29. The number of fused-ring (bicyclic) bond motifs is 1. The van der Waals surface area contributed by atoms with Gasteiger partial charge in [0.2, 0.25) is 5.91 Å². The lowest BCUT2D eigenvalue weighted by Gasteiger charge is -2.32. The molecule has 0 bridgehead atoms. The van der Waals surface area contributed by atoms with Crippen molar-refractivity contribution >= 4 is 16.9 Å². The number of carbonyl (C=O) groups is 1. The summed E-state index contributed by atoms with van der Waals surface area (Å²) in [6, 6.07) is 8.39. The number of aromatic nitrogens is 2. The molecule has 140 valence electrons. The molecule has 1 aliphatic heterocycles. The Morgan fingerprint density at radius 1 is 1.08 bits per heavy atom. The van der Waals surface area contributed by atoms with Gasteiger partial charge < -0.3 is 9.47 Å². The summed E-state index contributed by atoms with van der Waals surface area (Å²) in [5.41, 5.74) is 2.32. The Morgan fingerprint density at radius 3 is 2.58 bits per heavy atom. The smallest absolute Gasteiger partial charge is 0.222 e. The largest absolute Gasteiger partial charge is 0.343 e. The van der Waals surface area contributed by atoms with Gasteiger partial charge in [-0.2, -0.15) is 0 Å². The van der Waals surface area contributed by atoms with E-state index in [1.807, 2.05) is 0 Å². The van der Waals surface area contributed by atoms with Crippen LogP contribution in [0, 0.1) is 18.8 Å². The van der Waals surface area contributed by atoms with Crippen molar-refractivity contribution < 1.29 is 4.79 Å². The molecule has 0 radical (unpaired) electrons. The first-order valence-electron chi connectivity index (χ1n) is 10.4. The van der Waals surface area contributed by atoms with Crippen LogP contribution in [-0.4, -0.2) is 33.4 Å². The van der Waals surface area contributed by atoms with E-state index in [0.717, 1.165) is 62.6 Å². The molecule has 1 amide bonds. The van der Waals surface area contributed by atoms with Crippen LogP contribution < -0.4 is 0 Å². The quantitative estimate of drug-likeness (QED) is 0.791. The molecule has 0 spiro atoms. The molecular weight excluding hydrogens is 322 g/mol. The SMILES string of the molecule is Cc1nc2ccccc2n1CC1CCN(C(=O)CCC2CCCC2)CC1. The fraction of sp³-hybridized carbons (Fsp3) is 0.636. The van der Waals surface area contributed by atoms with Crippen LogP contribution >= 0.6 is 0 Å². The van der Waals surface area contributed by atoms with E-state index in [1.165, 1.54) is 31.2 Å². The summed E-state index contributed by atoms with van der Waals surface area (Å²) < 4.78 is 2.36. The summed E-state index contributed by atoms with van der Waals surface area (Å²) in [5.74, 6) is 2.94. The lowest BCUT2D eigenvalue weighted by atomic mass is 9.95. The van der Waals surface area contributed by atoms with Gasteiger partial charge in [0.25, 0.3) is 0 Å². The van der Waals surface area contributed by atoms with Gasteiger partial charge in [0.1, 0.15) is 5.82 Å². The van der Waals surface area contributed by atoms with E-state index in [-0.39, 0.29) is 0 Å². The predicted octanol–water partition coefficient (Wildman–Crippen LogP) is 4.55. The van der Waals surface area contributed by atoms with E-state index < -0.39 is 0 Å². The summed E-state index contributed by atoms with van der Waals surface area (Å²) in [6.07, 6.45) is 9.52. The monoisotopic (exact) mass is 353 g/mol. The number of hydrogen-bond donors (Lipinski definition) is 0. The average Bonchev–Trinajstić information content (AvgIpc) is 3.29. The maximum Gasteiger partial charge on any atom is 0.222 e. The van der Waals surface area contributed by atoms with E-state index in [4.69, 9.17) is 0 Å². The number of rotatable bonds is 5. The van der Waals surface area contributed by atoms with Crippen molar-refractivity contribution in [2.24, 2.45) is 11.8 Å². The number of piperidine rings is 1. The van der Waals surface area contributed by atoms with E-state index in [9.17, 15) is 4.79 Å². The summed E-state index contributed by atoms with van der Waals surface area (Å²) in [6.45, 7) is 4.98. The van der Waals surface area contributed by atoms with Crippen LogP contribution in [0.25, 0.3) is 11.0 Å². The molecule has 1 aliphatic carbocycles. The molecule has 2 heterocycles. The second-order valence-electron chi connectivity index (χ2n) is 8.27. The highest BCUT2D eigenvalue weighted by molar-refractivity contribution is 5.76. The van der Waals surface area contributed by atoms with E-state index in [2.05, 4.69) is 45.6 Å². The van der Waals surface area contributed by atoms with Gasteiger partial charge in [-0.05, 0) is 50.2 Å². The van der Waals surface area contributed by atoms with Crippen LogP contribution in [0.3, 0.4) is 0 Å². The van der Waals surface area contributed by atoms with E-state index >= 15 is 0 Å². The molecule has 2 aliphatic rings. The molecular formula is C22H31N3O. The molecule has 1 aromatic heterocycles.